The van der Waals surface area contributed by atoms with Crippen molar-refractivity contribution in [3.05, 3.63) is 52.8 Å². The van der Waals surface area contributed by atoms with Crippen LogP contribution >= 0.6 is 0 Å². The number of fused-ring (bicyclic) bond motifs is 2. The van der Waals surface area contributed by atoms with Gasteiger partial charge in [-0.25, -0.2) is 14.8 Å². The SMILES string of the molecule is CC1(C)OCc2cnc(NC(=O)C3c4ccccc4C(=O)OC3(C)C)nc21. The van der Waals surface area contributed by atoms with Crippen LogP contribution < -0.4 is 5.32 Å². The van der Waals surface area contributed by atoms with Gasteiger partial charge in [-0.15, -0.1) is 0 Å². The second-order valence-electron chi connectivity index (χ2n) is 7.87. The summed E-state index contributed by atoms with van der Waals surface area (Å²) in [5.41, 5.74) is 1.21. The van der Waals surface area contributed by atoms with E-state index in [0.717, 1.165) is 11.3 Å². The fraction of sp³-hybridized carbons (Fsp3) is 0.400. The summed E-state index contributed by atoms with van der Waals surface area (Å²) in [4.78, 5) is 34.1. The van der Waals surface area contributed by atoms with Gasteiger partial charge in [0.2, 0.25) is 11.9 Å². The summed E-state index contributed by atoms with van der Waals surface area (Å²) in [6.45, 7) is 7.77. The summed E-state index contributed by atoms with van der Waals surface area (Å²) < 4.78 is 11.2. The average molecular weight is 367 g/mol. The second-order valence-corrected chi connectivity index (χ2v) is 7.87. The van der Waals surface area contributed by atoms with E-state index in [-0.39, 0.29) is 11.9 Å². The van der Waals surface area contributed by atoms with Gasteiger partial charge in [-0.05, 0) is 39.3 Å². The Hall–Kier alpha value is -2.80. The molecule has 2 aromatic rings. The smallest absolute Gasteiger partial charge is 0.338 e. The largest absolute Gasteiger partial charge is 0.455 e. The lowest BCUT2D eigenvalue weighted by atomic mass is 9.79. The van der Waals surface area contributed by atoms with Gasteiger partial charge in [0.25, 0.3) is 0 Å². The number of benzene rings is 1. The minimum absolute atomic E-state index is 0.211. The maximum atomic E-state index is 13.1. The highest BCUT2D eigenvalue weighted by molar-refractivity contribution is 6.01. The van der Waals surface area contributed by atoms with E-state index < -0.39 is 23.1 Å². The Morgan fingerprint density at radius 2 is 1.96 bits per heavy atom. The first-order chi connectivity index (χ1) is 12.7. The fourth-order valence-corrected chi connectivity index (χ4v) is 3.72. The number of carbonyl (C=O) groups is 2. The lowest BCUT2D eigenvalue weighted by Gasteiger charge is -2.37. The molecule has 7 nitrogen and oxygen atoms in total. The number of cyclic esters (lactones) is 1. The van der Waals surface area contributed by atoms with E-state index in [4.69, 9.17) is 9.47 Å². The number of carbonyl (C=O) groups excluding carboxylic acids is 2. The summed E-state index contributed by atoms with van der Waals surface area (Å²) in [6, 6.07) is 7.00. The first kappa shape index (κ1) is 17.6. The number of anilines is 1. The highest BCUT2D eigenvalue weighted by atomic mass is 16.6. The number of esters is 1. The molecule has 0 bridgehead atoms. The van der Waals surface area contributed by atoms with Crippen molar-refractivity contribution in [1.82, 2.24) is 9.97 Å². The van der Waals surface area contributed by atoms with E-state index in [0.29, 0.717) is 17.7 Å². The molecule has 0 saturated carbocycles. The van der Waals surface area contributed by atoms with Gasteiger partial charge in [0.15, 0.2) is 0 Å². The molecule has 3 heterocycles. The van der Waals surface area contributed by atoms with E-state index in [2.05, 4.69) is 15.3 Å². The third kappa shape index (κ3) is 2.88. The number of ether oxygens (including phenoxy) is 2. The highest BCUT2D eigenvalue weighted by Crippen LogP contribution is 2.39. The predicted octanol–water partition coefficient (Wildman–Crippen LogP) is 2.91. The number of nitrogens with one attached hydrogen (secondary N) is 1. The van der Waals surface area contributed by atoms with Crippen LogP contribution in [0.3, 0.4) is 0 Å². The first-order valence-electron chi connectivity index (χ1n) is 8.82. The van der Waals surface area contributed by atoms with E-state index in [9.17, 15) is 9.59 Å². The molecule has 0 radical (unpaired) electrons. The van der Waals surface area contributed by atoms with Crippen LogP contribution in [0.25, 0.3) is 0 Å². The number of rotatable bonds is 2. The molecule has 1 unspecified atom stereocenters. The molecule has 0 spiro atoms. The zero-order valence-corrected chi connectivity index (χ0v) is 15.7. The summed E-state index contributed by atoms with van der Waals surface area (Å²) >= 11 is 0. The molecule has 2 aliphatic rings. The third-order valence-electron chi connectivity index (χ3n) is 5.06. The van der Waals surface area contributed by atoms with Crippen molar-refractivity contribution in [2.24, 2.45) is 0 Å². The number of amides is 1. The molecule has 7 heteroatoms. The first-order valence-corrected chi connectivity index (χ1v) is 8.82. The number of aromatic nitrogens is 2. The Morgan fingerprint density at radius 3 is 2.74 bits per heavy atom. The Morgan fingerprint density at radius 1 is 1.22 bits per heavy atom. The van der Waals surface area contributed by atoms with Gasteiger partial charge in [-0.2, -0.15) is 0 Å². The van der Waals surface area contributed by atoms with Crippen LogP contribution in [0.5, 0.6) is 0 Å². The lowest BCUT2D eigenvalue weighted by Crippen LogP contribution is -2.46. The molecule has 1 amide bonds. The van der Waals surface area contributed by atoms with Crippen LogP contribution in [0.15, 0.2) is 30.5 Å². The van der Waals surface area contributed by atoms with Crippen LogP contribution in [-0.4, -0.2) is 27.4 Å². The Bertz CT molecular complexity index is 952. The van der Waals surface area contributed by atoms with Crippen molar-refractivity contribution < 1.29 is 19.1 Å². The van der Waals surface area contributed by atoms with Crippen molar-refractivity contribution in [1.29, 1.82) is 0 Å². The van der Waals surface area contributed by atoms with Crippen LogP contribution in [0.4, 0.5) is 5.95 Å². The van der Waals surface area contributed by atoms with Gasteiger partial charge in [0.1, 0.15) is 17.1 Å². The average Bonchev–Trinajstić information content (AvgIpc) is 2.89. The minimum atomic E-state index is -0.991. The topological polar surface area (TPSA) is 90.4 Å². The molecule has 1 N–H and O–H groups in total. The maximum Gasteiger partial charge on any atom is 0.338 e. The van der Waals surface area contributed by atoms with Crippen LogP contribution in [0, 0.1) is 0 Å². The van der Waals surface area contributed by atoms with Crippen LogP contribution in [0.1, 0.15) is 60.8 Å². The zero-order chi connectivity index (χ0) is 19.4. The van der Waals surface area contributed by atoms with Gasteiger partial charge in [-0.1, -0.05) is 18.2 Å². The Kier molecular flexibility index (Phi) is 3.82. The summed E-state index contributed by atoms with van der Waals surface area (Å²) in [6.07, 6.45) is 1.67. The molecule has 0 aliphatic carbocycles. The van der Waals surface area contributed by atoms with Crippen molar-refractivity contribution in [3.8, 4) is 0 Å². The predicted molar refractivity (Wildman–Crippen MR) is 97.2 cm³/mol. The van der Waals surface area contributed by atoms with E-state index in [1.54, 1.807) is 44.3 Å². The van der Waals surface area contributed by atoms with E-state index in [1.807, 2.05) is 13.8 Å². The van der Waals surface area contributed by atoms with E-state index in [1.165, 1.54) is 0 Å². The third-order valence-corrected chi connectivity index (χ3v) is 5.06. The maximum absolute atomic E-state index is 13.1. The van der Waals surface area contributed by atoms with Crippen LogP contribution in [0.2, 0.25) is 0 Å². The van der Waals surface area contributed by atoms with Crippen molar-refractivity contribution >= 4 is 17.8 Å². The Balaban J connectivity index is 1.67. The molecule has 4 rings (SSSR count). The summed E-state index contributed by atoms with van der Waals surface area (Å²) in [5, 5.41) is 2.78. The number of hydrogen-bond acceptors (Lipinski definition) is 6. The molecule has 140 valence electrons. The van der Waals surface area contributed by atoms with Gasteiger partial charge in [-0.3, -0.25) is 10.1 Å². The van der Waals surface area contributed by atoms with Gasteiger partial charge in [0.05, 0.1) is 17.9 Å². The summed E-state index contributed by atoms with van der Waals surface area (Å²) in [7, 11) is 0. The monoisotopic (exact) mass is 367 g/mol. The van der Waals surface area contributed by atoms with Gasteiger partial charge < -0.3 is 9.47 Å². The van der Waals surface area contributed by atoms with Crippen molar-refractivity contribution in [2.75, 3.05) is 5.32 Å². The lowest BCUT2D eigenvalue weighted by molar-refractivity contribution is -0.123. The minimum Gasteiger partial charge on any atom is -0.455 e. The molecular weight excluding hydrogens is 346 g/mol. The van der Waals surface area contributed by atoms with Gasteiger partial charge in [0, 0.05) is 11.8 Å². The normalized spacial score (nSPS) is 21.8. The molecule has 27 heavy (non-hydrogen) atoms. The molecule has 1 aromatic heterocycles. The molecule has 1 atom stereocenters. The number of hydrogen-bond donors (Lipinski definition) is 1. The number of nitrogens with zero attached hydrogens (tertiary/aromatic N) is 2. The fourth-order valence-electron chi connectivity index (χ4n) is 3.72. The quantitative estimate of drug-likeness (QED) is 0.821. The van der Waals surface area contributed by atoms with Gasteiger partial charge >= 0.3 is 5.97 Å². The molecule has 0 fully saturated rings. The second kappa shape index (κ2) is 5.85. The van der Waals surface area contributed by atoms with Crippen molar-refractivity contribution in [3.63, 3.8) is 0 Å². The van der Waals surface area contributed by atoms with Crippen molar-refractivity contribution in [2.45, 2.75) is 51.4 Å². The standard InChI is InChI=1S/C20H21N3O4/c1-19(2)14(12-7-5-6-8-13(12)17(25)27-19)16(24)23-18-21-9-11-10-26-20(3,4)15(11)22-18/h5-9,14H,10H2,1-4H3,(H,21,22,23,24). The molecule has 2 aliphatic heterocycles. The molecule has 0 saturated heterocycles. The molecule has 1 aromatic carbocycles. The molecular formula is C20H21N3O4. The Labute approximate surface area is 157 Å². The van der Waals surface area contributed by atoms with Crippen LogP contribution in [-0.2, 0) is 26.5 Å². The zero-order valence-electron chi connectivity index (χ0n) is 15.7. The summed E-state index contributed by atoms with van der Waals surface area (Å²) in [5.74, 6) is -1.21. The van der Waals surface area contributed by atoms with E-state index >= 15 is 0 Å². The highest BCUT2D eigenvalue weighted by Gasteiger charge is 2.46.